The Morgan fingerprint density at radius 3 is 2.56 bits per heavy atom. The third kappa shape index (κ3) is 5.54. The summed E-state index contributed by atoms with van der Waals surface area (Å²) in [5, 5.41) is 2.75. The molecule has 0 aliphatic carbocycles. The third-order valence-corrected chi connectivity index (χ3v) is 7.06. The van der Waals surface area contributed by atoms with Crippen LogP contribution in [0.15, 0.2) is 46.5 Å². The highest BCUT2D eigenvalue weighted by molar-refractivity contribution is 9.10. The first kappa shape index (κ1) is 26.4. The Balaban J connectivity index is 2.56. The average Bonchev–Trinajstić information content (AvgIpc) is 2.97. The lowest BCUT2D eigenvalue weighted by molar-refractivity contribution is -0.132. The molecule has 0 unspecified atom stereocenters. The van der Waals surface area contributed by atoms with Gasteiger partial charge in [-0.25, -0.2) is 0 Å². The van der Waals surface area contributed by atoms with Gasteiger partial charge < -0.3 is 10.2 Å². The fraction of sp³-hybridized carbons (Fsp3) is 0.556. The van der Waals surface area contributed by atoms with Crippen molar-refractivity contribution in [1.29, 1.82) is 0 Å². The van der Waals surface area contributed by atoms with Gasteiger partial charge in [0.1, 0.15) is 0 Å². The van der Waals surface area contributed by atoms with Crippen molar-refractivity contribution in [3.05, 3.63) is 52.0 Å². The minimum Gasteiger partial charge on any atom is -0.359 e. The summed E-state index contributed by atoms with van der Waals surface area (Å²) < 4.78 is 0.922. The molecule has 0 saturated heterocycles. The van der Waals surface area contributed by atoms with E-state index in [9.17, 15) is 9.59 Å². The molecule has 32 heavy (non-hydrogen) atoms. The molecule has 0 spiro atoms. The second kappa shape index (κ2) is 11.3. The van der Waals surface area contributed by atoms with Gasteiger partial charge in [0.05, 0.1) is 5.41 Å². The fourth-order valence-electron chi connectivity index (χ4n) is 4.56. The molecule has 2 rings (SSSR count). The molecular formula is C27H39BrN2O2. The topological polar surface area (TPSA) is 49.4 Å². The van der Waals surface area contributed by atoms with Gasteiger partial charge in [-0.15, -0.1) is 0 Å². The summed E-state index contributed by atoms with van der Waals surface area (Å²) in [6.45, 7) is 11.0. The molecule has 5 heteroatoms. The lowest BCUT2D eigenvalue weighted by Gasteiger charge is -2.41. The first-order chi connectivity index (χ1) is 15.1. The summed E-state index contributed by atoms with van der Waals surface area (Å²) in [6.07, 6.45) is 12.4. The van der Waals surface area contributed by atoms with Gasteiger partial charge in [0.25, 0.3) is 0 Å². The van der Waals surface area contributed by atoms with Crippen LogP contribution in [0, 0.1) is 5.41 Å². The number of fused-ring (bicyclic) bond motifs is 1. The maximum Gasteiger partial charge on any atom is 0.239 e. The maximum atomic E-state index is 14.1. The largest absolute Gasteiger partial charge is 0.359 e. The predicted octanol–water partition coefficient (Wildman–Crippen LogP) is 6.69. The van der Waals surface area contributed by atoms with E-state index in [0.717, 1.165) is 34.1 Å². The normalized spacial score (nSPS) is 18.2. The van der Waals surface area contributed by atoms with E-state index < -0.39 is 10.8 Å². The lowest BCUT2D eigenvalue weighted by Crippen LogP contribution is -2.52. The molecule has 0 radical (unpaired) electrons. The van der Waals surface area contributed by atoms with Gasteiger partial charge in [0.15, 0.2) is 0 Å². The molecule has 1 aliphatic rings. The molecule has 0 aromatic heterocycles. The van der Waals surface area contributed by atoms with E-state index in [2.05, 4.69) is 60.2 Å². The number of allylic oxidation sites excluding steroid dienone is 3. The number of halogens is 1. The van der Waals surface area contributed by atoms with E-state index in [4.69, 9.17) is 0 Å². The quantitative estimate of drug-likeness (QED) is 0.270. The van der Waals surface area contributed by atoms with Gasteiger partial charge in [-0.05, 0) is 44.4 Å². The summed E-state index contributed by atoms with van der Waals surface area (Å²) in [4.78, 5) is 28.7. The summed E-state index contributed by atoms with van der Waals surface area (Å²) in [6, 6.07) is 5.99. The summed E-state index contributed by atoms with van der Waals surface area (Å²) in [5.74, 6) is -0.131. The predicted molar refractivity (Wildman–Crippen MR) is 138 cm³/mol. The monoisotopic (exact) mass is 502 g/mol. The van der Waals surface area contributed by atoms with Crippen LogP contribution in [-0.2, 0) is 15.0 Å². The SMILES string of the molecule is CCCCCC/C=C/C(C)(C)[C@@]1(CC(=O)NC)C(=O)N(CC=C(C)C)c2cc(Br)ccc21. The van der Waals surface area contributed by atoms with E-state index in [1.54, 1.807) is 7.05 Å². The summed E-state index contributed by atoms with van der Waals surface area (Å²) in [7, 11) is 1.63. The summed E-state index contributed by atoms with van der Waals surface area (Å²) in [5.41, 5.74) is 1.47. The van der Waals surface area contributed by atoms with Crippen LogP contribution in [0.25, 0.3) is 0 Å². The second-order valence-corrected chi connectivity index (χ2v) is 10.5. The van der Waals surface area contributed by atoms with Gasteiger partial charge in [-0.2, -0.15) is 0 Å². The molecule has 1 aromatic rings. The van der Waals surface area contributed by atoms with Crippen LogP contribution in [0.2, 0.25) is 0 Å². The van der Waals surface area contributed by atoms with Crippen LogP contribution in [0.5, 0.6) is 0 Å². The van der Waals surface area contributed by atoms with E-state index in [1.165, 1.54) is 19.3 Å². The number of benzene rings is 1. The molecule has 1 heterocycles. The van der Waals surface area contributed by atoms with Crippen LogP contribution in [0.4, 0.5) is 5.69 Å². The van der Waals surface area contributed by atoms with Crippen molar-refractivity contribution >= 4 is 33.4 Å². The summed E-state index contributed by atoms with van der Waals surface area (Å²) >= 11 is 3.57. The van der Waals surface area contributed by atoms with Gasteiger partial charge in [-0.1, -0.05) is 85.8 Å². The number of rotatable bonds is 11. The smallest absolute Gasteiger partial charge is 0.239 e. The van der Waals surface area contributed by atoms with E-state index in [1.807, 2.05) is 36.9 Å². The van der Waals surface area contributed by atoms with Crippen LogP contribution in [0.1, 0.15) is 78.7 Å². The van der Waals surface area contributed by atoms with Gasteiger partial charge in [0, 0.05) is 35.6 Å². The number of carbonyl (C=O) groups excluding carboxylic acids is 2. The molecule has 0 fully saturated rings. The molecular weight excluding hydrogens is 464 g/mol. The highest BCUT2D eigenvalue weighted by atomic mass is 79.9. The van der Waals surface area contributed by atoms with E-state index in [-0.39, 0.29) is 18.2 Å². The molecule has 0 bridgehead atoms. The number of nitrogens with one attached hydrogen (secondary N) is 1. The van der Waals surface area contributed by atoms with E-state index in [0.29, 0.717) is 6.54 Å². The number of hydrogen-bond donors (Lipinski definition) is 1. The van der Waals surface area contributed by atoms with Crippen LogP contribution >= 0.6 is 15.9 Å². The van der Waals surface area contributed by atoms with Crippen molar-refractivity contribution in [3.8, 4) is 0 Å². The van der Waals surface area contributed by atoms with Crippen LogP contribution in [0.3, 0.4) is 0 Å². The van der Waals surface area contributed by atoms with Gasteiger partial charge in [0.2, 0.25) is 11.8 Å². The Bertz CT molecular complexity index is 884. The number of amides is 2. The van der Waals surface area contributed by atoms with Crippen LogP contribution in [-0.4, -0.2) is 25.4 Å². The molecule has 4 nitrogen and oxygen atoms in total. The number of unbranched alkanes of at least 4 members (excludes halogenated alkanes) is 4. The zero-order valence-electron chi connectivity index (χ0n) is 20.6. The van der Waals surface area contributed by atoms with Crippen molar-refractivity contribution in [3.63, 3.8) is 0 Å². The van der Waals surface area contributed by atoms with Crippen molar-refractivity contribution in [1.82, 2.24) is 5.32 Å². The van der Waals surface area contributed by atoms with Crippen molar-refractivity contribution in [2.45, 2.75) is 78.6 Å². The first-order valence-corrected chi connectivity index (χ1v) is 12.5. The third-order valence-electron chi connectivity index (χ3n) is 6.57. The average molecular weight is 504 g/mol. The van der Waals surface area contributed by atoms with Crippen LogP contribution < -0.4 is 10.2 Å². The van der Waals surface area contributed by atoms with Gasteiger partial charge >= 0.3 is 0 Å². The Morgan fingerprint density at radius 2 is 1.94 bits per heavy atom. The minimum absolute atomic E-state index is 0.00710. The van der Waals surface area contributed by atoms with E-state index >= 15 is 0 Å². The Hall–Kier alpha value is -1.88. The Labute approximate surface area is 202 Å². The molecule has 1 aromatic carbocycles. The van der Waals surface area contributed by atoms with Crippen molar-refractivity contribution < 1.29 is 9.59 Å². The molecule has 0 saturated carbocycles. The standard InChI is InChI=1S/C27H39BrN2O2/c1-7-8-9-10-11-12-16-26(4,5)27(19-24(31)29-6)22-14-13-21(28)18-23(22)30(25(27)32)17-15-20(2)3/h12-16,18H,7-11,17,19H2,1-6H3,(H,29,31)/b16-12+/t27-/m1/s1. The second-order valence-electron chi connectivity index (χ2n) is 9.59. The number of anilines is 1. The van der Waals surface area contributed by atoms with Crippen molar-refractivity contribution in [2.75, 3.05) is 18.5 Å². The lowest BCUT2D eigenvalue weighted by atomic mass is 9.60. The zero-order valence-corrected chi connectivity index (χ0v) is 22.1. The minimum atomic E-state index is -0.960. The highest BCUT2D eigenvalue weighted by Gasteiger charge is 2.59. The molecule has 1 aliphatic heterocycles. The molecule has 1 atom stereocenters. The zero-order chi connectivity index (χ0) is 23.9. The maximum absolute atomic E-state index is 14.1. The highest BCUT2D eigenvalue weighted by Crippen LogP contribution is 2.55. The first-order valence-electron chi connectivity index (χ1n) is 11.7. The number of nitrogens with zero attached hydrogens (tertiary/aromatic N) is 1. The Kier molecular flexibility index (Phi) is 9.32. The van der Waals surface area contributed by atoms with Gasteiger partial charge in [-0.3, -0.25) is 9.59 Å². The number of carbonyl (C=O) groups is 2. The Morgan fingerprint density at radius 1 is 1.22 bits per heavy atom. The molecule has 176 valence electrons. The number of hydrogen-bond acceptors (Lipinski definition) is 2. The molecule has 2 amide bonds. The molecule has 1 N–H and O–H groups in total. The fourth-order valence-corrected chi connectivity index (χ4v) is 4.91. The van der Waals surface area contributed by atoms with Crippen molar-refractivity contribution in [2.24, 2.45) is 5.41 Å².